The molecule has 1 N–H and O–H groups in total. The lowest BCUT2D eigenvalue weighted by molar-refractivity contribution is -0.123. The SMILES string of the molecule is Cc1ccc(C)c(OCC(=O)NCc2ccc(-c3nc(-c4ccccc4)cs3)cc2)c1C. The zero-order valence-electron chi connectivity index (χ0n) is 18.5. The summed E-state index contributed by atoms with van der Waals surface area (Å²) in [5, 5.41) is 5.99. The number of aromatic nitrogens is 1. The average molecular weight is 443 g/mol. The molecule has 5 heteroatoms. The minimum Gasteiger partial charge on any atom is -0.483 e. The molecule has 0 spiro atoms. The van der Waals surface area contributed by atoms with Gasteiger partial charge in [0, 0.05) is 23.1 Å². The van der Waals surface area contributed by atoms with Crippen LogP contribution in [0.1, 0.15) is 22.3 Å². The van der Waals surface area contributed by atoms with Gasteiger partial charge in [-0.1, -0.05) is 66.7 Å². The van der Waals surface area contributed by atoms with E-state index in [-0.39, 0.29) is 12.5 Å². The highest BCUT2D eigenvalue weighted by Gasteiger charge is 2.10. The molecule has 0 bridgehead atoms. The third-order valence-corrected chi connectivity index (χ3v) is 6.38. The Balaban J connectivity index is 1.32. The summed E-state index contributed by atoms with van der Waals surface area (Å²) in [6.45, 7) is 6.51. The molecule has 0 fully saturated rings. The predicted molar refractivity (Wildman–Crippen MR) is 131 cm³/mol. The molecule has 0 atom stereocenters. The van der Waals surface area contributed by atoms with Crippen molar-refractivity contribution in [2.75, 3.05) is 6.61 Å². The van der Waals surface area contributed by atoms with Crippen LogP contribution in [0.25, 0.3) is 21.8 Å². The summed E-state index contributed by atoms with van der Waals surface area (Å²) in [5.41, 5.74) is 7.47. The van der Waals surface area contributed by atoms with Crippen LogP contribution in [0.15, 0.2) is 72.1 Å². The summed E-state index contributed by atoms with van der Waals surface area (Å²) in [7, 11) is 0. The third kappa shape index (κ3) is 5.06. The number of nitrogens with zero attached hydrogens (tertiary/aromatic N) is 1. The van der Waals surface area contributed by atoms with Crippen LogP contribution < -0.4 is 10.1 Å². The molecule has 0 unspecified atom stereocenters. The van der Waals surface area contributed by atoms with Gasteiger partial charge in [-0.25, -0.2) is 4.98 Å². The fourth-order valence-electron chi connectivity index (χ4n) is 3.45. The van der Waals surface area contributed by atoms with Crippen molar-refractivity contribution in [3.05, 3.63) is 94.4 Å². The number of carbonyl (C=O) groups excluding carboxylic acids is 1. The fraction of sp³-hybridized carbons (Fsp3) is 0.185. The maximum Gasteiger partial charge on any atom is 0.258 e. The summed E-state index contributed by atoms with van der Waals surface area (Å²) in [6.07, 6.45) is 0. The molecular weight excluding hydrogens is 416 g/mol. The van der Waals surface area contributed by atoms with Crippen LogP contribution >= 0.6 is 11.3 Å². The summed E-state index contributed by atoms with van der Waals surface area (Å²) < 4.78 is 5.80. The zero-order chi connectivity index (χ0) is 22.5. The smallest absolute Gasteiger partial charge is 0.258 e. The van der Waals surface area contributed by atoms with E-state index in [1.165, 1.54) is 0 Å². The van der Waals surface area contributed by atoms with Crippen molar-refractivity contribution in [3.8, 4) is 27.6 Å². The van der Waals surface area contributed by atoms with Crippen LogP contribution in [0.4, 0.5) is 0 Å². The first-order chi connectivity index (χ1) is 15.5. The molecule has 3 aromatic carbocycles. The van der Waals surface area contributed by atoms with Gasteiger partial charge in [0.15, 0.2) is 6.61 Å². The first-order valence-electron chi connectivity index (χ1n) is 10.6. The molecule has 0 saturated carbocycles. The largest absolute Gasteiger partial charge is 0.483 e. The summed E-state index contributed by atoms with van der Waals surface area (Å²) >= 11 is 1.63. The Kier molecular flexibility index (Phi) is 6.66. The second-order valence-corrected chi connectivity index (χ2v) is 8.68. The molecule has 32 heavy (non-hydrogen) atoms. The Morgan fingerprint density at radius 3 is 2.38 bits per heavy atom. The van der Waals surface area contributed by atoms with E-state index in [0.29, 0.717) is 6.54 Å². The molecular formula is C27H26N2O2S. The monoisotopic (exact) mass is 442 g/mol. The highest BCUT2D eigenvalue weighted by molar-refractivity contribution is 7.13. The van der Waals surface area contributed by atoms with Crippen LogP contribution in [0, 0.1) is 20.8 Å². The van der Waals surface area contributed by atoms with Crippen molar-refractivity contribution in [3.63, 3.8) is 0 Å². The van der Waals surface area contributed by atoms with Gasteiger partial charge in [-0.15, -0.1) is 11.3 Å². The molecule has 4 rings (SSSR count). The minimum absolute atomic E-state index is 0.00456. The van der Waals surface area contributed by atoms with Gasteiger partial charge in [0.05, 0.1) is 5.69 Å². The molecule has 1 amide bonds. The van der Waals surface area contributed by atoms with E-state index < -0.39 is 0 Å². The number of hydrogen-bond donors (Lipinski definition) is 1. The van der Waals surface area contributed by atoms with E-state index in [9.17, 15) is 4.79 Å². The maximum atomic E-state index is 12.3. The number of amides is 1. The van der Waals surface area contributed by atoms with Crippen LogP contribution in [-0.4, -0.2) is 17.5 Å². The summed E-state index contributed by atoms with van der Waals surface area (Å²) in [6, 6.07) is 22.4. The number of carbonyl (C=O) groups is 1. The minimum atomic E-state index is -0.137. The number of ether oxygens (including phenoxy) is 1. The van der Waals surface area contributed by atoms with Crippen molar-refractivity contribution in [2.45, 2.75) is 27.3 Å². The van der Waals surface area contributed by atoms with E-state index in [4.69, 9.17) is 9.72 Å². The Morgan fingerprint density at radius 1 is 0.906 bits per heavy atom. The van der Waals surface area contributed by atoms with E-state index in [0.717, 1.165) is 49.8 Å². The number of aryl methyl sites for hydroxylation is 2. The van der Waals surface area contributed by atoms with Gasteiger partial charge in [-0.05, 0) is 43.0 Å². The van der Waals surface area contributed by atoms with E-state index >= 15 is 0 Å². The molecule has 0 radical (unpaired) electrons. The van der Waals surface area contributed by atoms with Crippen molar-refractivity contribution in [1.29, 1.82) is 0 Å². The van der Waals surface area contributed by atoms with Gasteiger partial charge in [0.25, 0.3) is 5.91 Å². The zero-order valence-corrected chi connectivity index (χ0v) is 19.3. The molecule has 4 nitrogen and oxygen atoms in total. The van der Waals surface area contributed by atoms with Crippen LogP contribution in [0.5, 0.6) is 5.75 Å². The van der Waals surface area contributed by atoms with Crippen molar-refractivity contribution >= 4 is 17.2 Å². The maximum absolute atomic E-state index is 12.3. The molecule has 0 aliphatic rings. The van der Waals surface area contributed by atoms with E-state index in [1.807, 2.05) is 69.3 Å². The summed E-state index contributed by atoms with van der Waals surface area (Å²) in [5.74, 6) is 0.657. The lowest BCUT2D eigenvalue weighted by Gasteiger charge is -2.14. The predicted octanol–water partition coefficient (Wildman–Crippen LogP) is 6.10. The van der Waals surface area contributed by atoms with Gasteiger partial charge in [0.1, 0.15) is 10.8 Å². The van der Waals surface area contributed by atoms with Crippen molar-refractivity contribution in [1.82, 2.24) is 10.3 Å². The quantitative estimate of drug-likeness (QED) is 0.376. The summed E-state index contributed by atoms with van der Waals surface area (Å²) in [4.78, 5) is 17.0. The highest BCUT2D eigenvalue weighted by atomic mass is 32.1. The normalized spacial score (nSPS) is 10.7. The van der Waals surface area contributed by atoms with Crippen molar-refractivity contribution in [2.24, 2.45) is 0 Å². The van der Waals surface area contributed by atoms with Crippen LogP contribution in [0.2, 0.25) is 0 Å². The Morgan fingerprint density at radius 2 is 1.62 bits per heavy atom. The molecule has 162 valence electrons. The van der Waals surface area contributed by atoms with Gasteiger partial charge < -0.3 is 10.1 Å². The molecule has 4 aromatic rings. The van der Waals surface area contributed by atoms with Crippen molar-refractivity contribution < 1.29 is 9.53 Å². The number of benzene rings is 3. The van der Waals surface area contributed by atoms with Crippen LogP contribution in [0.3, 0.4) is 0 Å². The second-order valence-electron chi connectivity index (χ2n) is 7.82. The van der Waals surface area contributed by atoms with Gasteiger partial charge in [0.2, 0.25) is 0 Å². The number of rotatable bonds is 7. The first kappa shape index (κ1) is 21.8. The topological polar surface area (TPSA) is 51.2 Å². The van der Waals surface area contributed by atoms with E-state index in [2.05, 4.69) is 28.9 Å². The molecule has 0 aliphatic heterocycles. The molecule has 1 aromatic heterocycles. The lowest BCUT2D eigenvalue weighted by atomic mass is 10.1. The Bertz CT molecular complexity index is 1210. The average Bonchev–Trinajstić information content (AvgIpc) is 3.31. The second kappa shape index (κ2) is 9.79. The lowest BCUT2D eigenvalue weighted by Crippen LogP contribution is -2.28. The molecule has 0 saturated heterocycles. The Labute approximate surface area is 192 Å². The van der Waals surface area contributed by atoms with Gasteiger partial charge in [-0.2, -0.15) is 0 Å². The van der Waals surface area contributed by atoms with E-state index in [1.54, 1.807) is 11.3 Å². The molecule has 1 heterocycles. The first-order valence-corrected chi connectivity index (χ1v) is 11.5. The van der Waals surface area contributed by atoms with Gasteiger partial charge >= 0.3 is 0 Å². The fourth-order valence-corrected chi connectivity index (χ4v) is 4.29. The number of thiazole rings is 1. The number of nitrogens with one attached hydrogen (secondary N) is 1. The van der Waals surface area contributed by atoms with Gasteiger partial charge in [-0.3, -0.25) is 4.79 Å². The number of hydrogen-bond acceptors (Lipinski definition) is 4. The Hall–Kier alpha value is -3.44. The van der Waals surface area contributed by atoms with Crippen LogP contribution in [-0.2, 0) is 11.3 Å². The molecule has 0 aliphatic carbocycles. The highest BCUT2D eigenvalue weighted by Crippen LogP contribution is 2.29. The third-order valence-electron chi connectivity index (χ3n) is 5.49. The standard InChI is InChI=1S/C27H26N2O2S/c1-18-9-10-19(2)26(20(18)3)31-16-25(30)28-15-21-11-13-23(14-12-21)27-29-24(17-32-27)22-7-5-4-6-8-22/h4-14,17H,15-16H2,1-3H3,(H,28,30).